The van der Waals surface area contributed by atoms with Crippen LogP contribution >= 0.6 is 0 Å². The molecule has 6 heteroatoms. The molecule has 1 aliphatic heterocycles. The molecule has 1 amide bonds. The van der Waals surface area contributed by atoms with Crippen LogP contribution in [0.2, 0.25) is 0 Å². The second-order valence-electron chi connectivity index (χ2n) is 6.25. The number of hydrogen-bond donors (Lipinski definition) is 0. The fraction of sp³-hybridized carbons (Fsp3) is 0.263. The molecule has 1 saturated heterocycles. The summed E-state index contributed by atoms with van der Waals surface area (Å²) in [7, 11) is -1.42. The summed E-state index contributed by atoms with van der Waals surface area (Å²) in [4.78, 5) is 26.4. The van der Waals surface area contributed by atoms with E-state index in [0.717, 1.165) is 0 Å². The Balaban J connectivity index is 1.74. The van der Waals surface area contributed by atoms with Crippen LogP contribution in [0.25, 0.3) is 0 Å². The molecule has 0 spiro atoms. The second kappa shape index (κ2) is 6.80. The number of sulfone groups is 1. The van der Waals surface area contributed by atoms with E-state index in [9.17, 15) is 18.0 Å². The third-order valence-electron chi connectivity index (χ3n) is 4.51. The first-order valence-electron chi connectivity index (χ1n) is 8.05. The Morgan fingerprint density at radius 1 is 0.920 bits per heavy atom. The highest BCUT2D eigenvalue weighted by Gasteiger charge is 2.33. The number of nitrogens with zero attached hydrogens (tertiary/aromatic N) is 1. The molecule has 3 rings (SSSR count). The maximum Gasteiger partial charge on any atom is 0.253 e. The first kappa shape index (κ1) is 17.4. The third kappa shape index (κ3) is 3.79. The summed E-state index contributed by atoms with van der Waals surface area (Å²) in [5.41, 5.74) is 1.54. The number of amides is 1. The van der Waals surface area contributed by atoms with Crippen LogP contribution in [0.3, 0.4) is 0 Å². The Morgan fingerprint density at radius 2 is 1.48 bits per heavy atom. The Labute approximate surface area is 147 Å². The lowest BCUT2D eigenvalue weighted by molar-refractivity contribution is 0.0747. The predicted molar refractivity (Wildman–Crippen MR) is 95.5 cm³/mol. The monoisotopic (exact) mass is 357 g/mol. The van der Waals surface area contributed by atoms with Crippen LogP contribution in [0.5, 0.6) is 0 Å². The van der Waals surface area contributed by atoms with Crippen molar-refractivity contribution in [2.75, 3.05) is 18.6 Å². The lowest BCUT2D eigenvalue weighted by Gasteiger charge is -2.23. The molecule has 2 aromatic carbocycles. The third-order valence-corrected chi connectivity index (χ3v) is 6.26. The van der Waals surface area contributed by atoms with E-state index in [1.54, 1.807) is 55.6 Å². The van der Waals surface area contributed by atoms with Crippen LogP contribution in [-0.2, 0) is 9.84 Å². The minimum Gasteiger partial charge on any atom is -0.338 e. The predicted octanol–water partition coefficient (Wildman–Crippen LogP) is 2.18. The Bertz CT molecular complexity index is 889. The van der Waals surface area contributed by atoms with Crippen molar-refractivity contribution in [2.24, 2.45) is 0 Å². The molecule has 1 aliphatic rings. The molecule has 1 fully saturated rings. The van der Waals surface area contributed by atoms with E-state index in [4.69, 9.17) is 0 Å². The van der Waals surface area contributed by atoms with Gasteiger partial charge in [0, 0.05) is 29.8 Å². The molecule has 0 aliphatic carbocycles. The topological polar surface area (TPSA) is 71.5 Å². The number of rotatable bonds is 4. The highest BCUT2D eigenvalue weighted by molar-refractivity contribution is 7.91. The fourth-order valence-corrected chi connectivity index (χ4v) is 4.75. The quantitative estimate of drug-likeness (QED) is 0.786. The number of benzene rings is 2. The normalized spacial score (nSPS) is 18.7. The van der Waals surface area contributed by atoms with Crippen LogP contribution in [0.4, 0.5) is 0 Å². The zero-order valence-electron chi connectivity index (χ0n) is 13.9. The summed E-state index contributed by atoms with van der Waals surface area (Å²) in [5, 5.41) is 0. The van der Waals surface area contributed by atoms with Gasteiger partial charge in [0.15, 0.2) is 15.6 Å². The first-order valence-corrected chi connectivity index (χ1v) is 9.87. The van der Waals surface area contributed by atoms with Gasteiger partial charge in [-0.3, -0.25) is 9.59 Å². The molecule has 5 nitrogen and oxygen atoms in total. The smallest absolute Gasteiger partial charge is 0.253 e. The van der Waals surface area contributed by atoms with E-state index < -0.39 is 9.84 Å². The molecule has 1 heterocycles. The minimum absolute atomic E-state index is 0.0137. The van der Waals surface area contributed by atoms with Crippen molar-refractivity contribution < 1.29 is 18.0 Å². The largest absolute Gasteiger partial charge is 0.338 e. The van der Waals surface area contributed by atoms with E-state index in [2.05, 4.69) is 0 Å². The summed E-state index contributed by atoms with van der Waals surface area (Å²) in [5.74, 6) is -0.199. The second-order valence-corrected chi connectivity index (χ2v) is 8.47. The van der Waals surface area contributed by atoms with Gasteiger partial charge in [0.1, 0.15) is 0 Å². The van der Waals surface area contributed by atoms with E-state index in [1.807, 2.05) is 6.07 Å². The maximum absolute atomic E-state index is 12.5. The van der Waals surface area contributed by atoms with Crippen LogP contribution in [0.15, 0.2) is 54.6 Å². The van der Waals surface area contributed by atoms with Crippen molar-refractivity contribution in [1.82, 2.24) is 4.90 Å². The van der Waals surface area contributed by atoms with Crippen molar-refractivity contribution in [2.45, 2.75) is 12.5 Å². The molecule has 0 radical (unpaired) electrons. The van der Waals surface area contributed by atoms with Crippen molar-refractivity contribution >= 4 is 21.5 Å². The van der Waals surface area contributed by atoms with Gasteiger partial charge < -0.3 is 4.90 Å². The molecule has 2 aromatic rings. The van der Waals surface area contributed by atoms with Crippen molar-refractivity contribution in [1.29, 1.82) is 0 Å². The van der Waals surface area contributed by atoms with Gasteiger partial charge >= 0.3 is 0 Å². The summed E-state index contributed by atoms with van der Waals surface area (Å²) < 4.78 is 23.2. The van der Waals surface area contributed by atoms with Gasteiger partial charge in [-0.05, 0) is 18.6 Å². The van der Waals surface area contributed by atoms with Crippen molar-refractivity contribution in [3.05, 3.63) is 71.3 Å². The Morgan fingerprint density at radius 3 is 2.04 bits per heavy atom. The molecule has 0 aromatic heterocycles. The highest BCUT2D eigenvalue weighted by atomic mass is 32.2. The van der Waals surface area contributed by atoms with Crippen LogP contribution in [0, 0.1) is 0 Å². The number of hydrogen-bond acceptors (Lipinski definition) is 4. The molecule has 1 atom stereocenters. The van der Waals surface area contributed by atoms with E-state index in [-0.39, 0.29) is 29.2 Å². The van der Waals surface area contributed by atoms with E-state index >= 15 is 0 Å². The average Bonchev–Trinajstić information content (AvgIpc) is 3.00. The standard InChI is InChI=1S/C19H19NO4S/c1-20(17-11-12-25(23,24)13-17)19(22)16-9-7-15(8-10-16)18(21)14-5-3-2-4-6-14/h2-10,17H,11-13H2,1H3. The fourth-order valence-electron chi connectivity index (χ4n) is 2.97. The summed E-state index contributed by atoms with van der Waals surface area (Å²) in [6, 6.07) is 15.1. The number of ketones is 1. The summed E-state index contributed by atoms with van der Waals surface area (Å²) >= 11 is 0. The van der Waals surface area contributed by atoms with Gasteiger partial charge in [-0.15, -0.1) is 0 Å². The summed E-state index contributed by atoms with van der Waals surface area (Å²) in [6.07, 6.45) is 0.467. The SMILES string of the molecule is CN(C(=O)c1ccc(C(=O)c2ccccc2)cc1)C1CCS(=O)(=O)C1. The first-order chi connectivity index (χ1) is 11.9. The molecule has 25 heavy (non-hydrogen) atoms. The average molecular weight is 357 g/mol. The van der Waals surface area contributed by atoms with Gasteiger partial charge in [-0.25, -0.2) is 8.42 Å². The Hall–Kier alpha value is -2.47. The molecule has 0 N–H and O–H groups in total. The molecular formula is C19H19NO4S. The van der Waals surface area contributed by atoms with Crippen LogP contribution in [0.1, 0.15) is 32.7 Å². The molecular weight excluding hydrogens is 338 g/mol. The molecule has 0 bridgehead atoms. The minimum atomic E-state index is -3.04. The van der Waals surface area contributed by atoms with E-state index in [1.165, 1.54) is 4.90 Å². The van der Waals surface area contributed by atoms with Crippen molar-refractivity contribution in [3.63, 3.8) is 0 Å². The van der Waals surface area contributed by atoms with Crippen LogP contribution in [-0.4, -0.2) is 49.6 Å². The highest BCUT2D eigenvalue weighted by Crippen LogP contribution is 2.19. The summed E-state index contributed by atoms with van der Waals surface area (Å²) in [6.45, 7) is 0. The number of carbonyl (C=O) groups excluding carboxylic acids is 2. The number of carbonyl (C=O) groups is 2. The van der Waals surface area contributed by atoms with Gasteiger partial charge in [-0.2, -0.15) is 0 Å². The maximum atomic E-state index is 12.5. The van der Waals surface area contributed by atoms with Gasteiger partial charge in [-0.1, -0.05) is 42.5 Å². The zero-order valence-corrected chi connectivity index (χ0v) is 14.7. The molecule has 130 valence electrons. The van der Waals surface area contributed by atoms with Crippen molar-refractivity contribution in [3.8, 4) is 0 Å². The van der Waals surface area contributed by atoms with Gasteiger partial charge in [0.05, 0.1) is 11.5 Å². The molecule has 1 unspecified atom stereocenters. The van der Waals surface area contributed by atoms with Gasteiger partial charge in [0.25, 0.3) is 5.91 Å². The lowest BCUT2D eigenvalue weighted by atomic mass is 10.0. The molecule has 0 saturated carbocycles. The Kier molecular flexibility index (Phi) is 4.72. The van der Waals surface area contributed by atoms with E-state index in [0.29, 0.717) is 23.1 Å². The van der Waals surface area contributed by atoms with Gasteiger partial charge in [0.2, 0.25) is 0 Å². The van der Waals surface area contributed by atoms with Crippen LogP contribution < -0.4 is 0 Å². The lowest BCUT2D eigenvalue weighted by Crippen LogP contribution is -2.37. The zero-order chi connectivity index (χ0) is 18.0.